The van der Waals surface area contributed by atoms with Gasteiger partial charge in [-0.15, -0.1) is 0 Å². The van der Waals surface area contributed by atoms with Crippen molar-refractivity contribution in [3.05, 3.63) is 64.6 Å². The highest BCUT2D eigenvalue weighted by atomic mass is 35.5. The van der Waals surface area contributed by atoms with Crippen LogP contribution in [0.2, 0.25) is 5.15 Å². The number of hydrogen-bond donors (Lipinski definition) is 1. The molecule has 2 heterocycles. The van der Waals surface area contributed by atoms with Gasteiger partial charge in [-0.1, -0.05) is 41.9 Å². The van der Waals surface area contributed by atoms with Gasteiger partial charge in [0.1, 0.15) is 0 Å². The molecule has 0 unspecified atom stereocenters. The minimum atomic E-state index is -0.212. The third-order valence-corrected chi connectivity index (χ3v) is 3.77. The second-order valence-corrected chi connectivity index (χ2v) is 5.38. The van der Waals surface area contributed by atoms with Crippen LogP contribution in [-0.4, -0.2) is 27.0 Å². The molecule has 1 aromatic carbocycles. The lowest BCUT2D eigenvalue weighted by atomic mass is 10.1. The minimum absolute atomic E-state index is 0.212. The zero-order valence-corrected chi connectivity index (χ0v) is 12.8. The van der Waals surface area contributed by atoms with Gasteiger partial charge in [0.15, 0.2) is 16.5 Å². The van der Waals surface area contributed by atoms with Crippen molar-refractivity contribution in [3.8, 4) is 0 Å². The van der Waals surface area contributed by atoms with Gasteiger partial charge in [0.25, 0.3) is 5.91 Å². The van der Waals surface area contributed by atoms with Crippen molar-refractivity contribution in [2.24, 2.45) is 0 Å². The van der Waals surface area contributed by atoms with Gasteiger partial charge >= 0.3 is 0 Å². The van der Waals surface area contributed by atoms with E-state index in [1.165, 1.54) is 16.3 Å². The zero-order chi connectivity index (χ0) is 15.5. The largest absolute Gasteiger partial charge is 0.350 e. The number of halogens is 1. The van der Waals surface area contributed by atoms with E-state index in [4.69, 9.17) is 11.6 Å². The topological polar surface area (TPSA) is 59.3 Å². The summed E-state index contributed by atoms with van der Waals surface area (Å²) in [7, 11) is 0. The molecule has 0 radical (unpaired) electrons. The van der Waals surface area contributed by atoms with Crippen molar-refractivity contribution in [3.63, 3.8) is 0 Å². The fourth-order valence-electron chi connectivity index (χ4n) is 2.19. The van der Waals surface area contributed by atoms with E-state index in [0.29, 0.717) is 23.0 Å². The Morgan fingerprint density at radius 3 is 2.86 bits per heavy atom. The van der Waals surface area contributed by atoms with Crippen LogP contribution < -0.4 is 5.32 Å². The average Bonchev–Trinajstić information content (AvgIpc) is 2.91. The molecule has 1 N–H and O–H groups in total. The highest BCUT2D eigenvalue weighted by molar-refractivity contribution is 6.30. The number of aryl methyl sites for hydroxylation is 1. The van der Waals surface area contributed by atoms with Crippen LogP contribution in [0, 0.1) is 6.92 Å². The summed E-state index contributed by atoms with van der Waals surface area (Å²) in [5.74, 6) is -0.212. The molecular formula is C16H15ClN4O. The van der Waals surface area contributed by atoms with Gasteiger partial charge in [-0.2, -0.15) is 5.10 Å². The molecular weight excluding hydrogens is 300 g/mol. The smallest absolute Gasteiger partial charge is 0.271 e. The van der Waals surface area contributed by atoms with Crippen LogP contribution in [0.25, 0.3) is 5.65 Å². The summed E-state index contributed by atoms with van der Waals surface area (Å²) in [4.78, 5) is 16.4. The number of aromatic nitrogens is 3. The third kappa shape index (κ3) is 2.94. The first-order valence-electron chi connectivity index (χ1n) is 6.98. The second kappa shape index (κ2) is 6.15. The van der Waals surface area contributed by atoms with E-state index in [9.17, 15) is 4.79 Å². The molecule has 0 atom stereocenters. The number of benzene rings is 1. The Balaban J connectivity index is 1.71. The highest BCUT2D eigenvalue weighted by Crippen LogP contribution is 2.14. The maximum atomic E-state index is 12.3. The molecule has 0 aliphatic carbocycles. The van der Waals surface area contributed by atoms with Crippen molar-refractivity contribution in [1.82, 2.24) is 19.9 Å². The molecule has 0 saturated heterocycles. The quantitative estimate of drug-likeness (QED) is 0.805. The maximum Gasteiger partial charge on any atom is 0.271 e. The van der Waals surface area contributed by atoms with Crippen LogP contribution in [0.3, 0.4) is 0 Å². The lowest BCUT2D eigenvalue weighted by molar-refractivity contribution is 0.0947. The van der Waals surface area contributed by atoms with E-state index >= 15 is 0 Å². The second-order valence-electron chi connectivity index (χ2n) is 5.02. The van der Waals surface area contributed by atoms with Gasteiger partial charge in [0.2, 0.25) is 0 Å². The number of hydrogen-bond acceptors (Lipinski definition) is 3. The zero-order valence-electron chi connectivity index (χ0n) is 12.1. The molecule has 0 bridgehead atoms. The summed E-state index contributed by atoms with van der Waals surface area (Å²) < 4.78 is 1.47. The first kappa shape index (κ1) is 14.5. The fraction of sp³-hybridized carbons (Fsp3) is 0.188. The summed E-state index contributed by atoms with van der Waals surface area (Å²) in [6, 6.07) is 11.8. The maximum absolute atomic E-state index is 12.3. The number of imidazole rings is 1. The Kier molecular flexibility index (Phi) is 4.06. The van der Waals surface area contributed by atoms with E-state index in [2.05, 4.69) is 15.4 Å². The van der Waals surface area contributed by atoms with Crippen LogP contribution in [0.15, 0.2) is 42.6 Å². The van der Waals surface area contributed by atoms with Gasteiger partial charge < -0.3 is 5.32 Å². The molecule has 3 rings (SSSR count). The third-order valence-electron chi connectivity index (χ3n) is 3.40. The Morgan fingerprint density at radius 1 is 1.32 bits per heavy atom. The Hall–Kier alpha value is -2.40. The molecule has 0 aliphatic heterocycles. The molecule has 3 aromatic rings. The van der Waals surface area contributed by atoms with Crippen LogP contribution in [0.5, 0.6) is 0 Å². The van der Waals surface area contributed by atoms with Crippen molar-refractivity contribution in [1.29, 1.82) is 0 Å². The predicted octanol–water partition coefficient (Wildman–Crippen LogP) is 2.66. The summed E-state index contributed by atoms with van der Waals surface area (Å²) >= 11 is 6.01. The van der Waals surface area contributed by atoms with E-state index in [-0.39, 0.29) is 5.91 Å². The van der Waals surface area contributed by atoms with Crippen molar-refractivity contribution < 1.29 is 4.79 Å². The van der Waals surface area contributed by atoms with Crippen LogP contribution >= 0.6 is 11.6 Å². The van der Waals surface area contributed by atoms with E-state index in [0.717, 1.165) is 12.0 Å². The molecule has 1 amide bonds. The lowest BCUT2D eigenvalue weighted by Gasteiger charge is -2.05. The van der Waals surface area contributed by atoms with E-state index in [1.54, 1.807) is 6.07 Å². The number of amides is 1. The normalized spacial score (nSPS) is 10.8. The van der Waals surface area contributed by atoms with Gasteiger partial charge in [0.05, 0.1) is 6.20 Å². The molecule has 6 heteroatoms. The van der Waals surface area contributed by atoms with Crippen molar-refractivity contribution in [2.75, 3.05) is 6.54 Å². The SMILES string of the molecule is Cc1cc2ncc(C(=O)NCCc3ccccc3)n2nc1Cl. The number of nitrogens with zero attached hydrogens (tertiary/aromatic N) is 3. The van der Waals surface area contributed by atoms with Crippen LogP contribution in [-0.2, 0) is 6.42 Å². The fourth-order valence-corrected chi connectivity index (χ4v) is 2.32. The molecule has 2 aromatic heterocycles. The highest BCUT2D eigenvalue weighted by Gasteiger charge is 2.14. The van der Waals surface area contributed by atoms with Gasteiger partial charge in [0, 0.05) is 6.54 Å². The molecule has 0 saturated carbocycles. The van der Waals surface area contributed by atoms with Crippen LogP contribution in [0.1, 0.15) is 21.6 Å². The molecule has 5 nitrogen and oxygen atoms in total. The standard InChI is InChI=1S/C16H15ClN4O/c1-11-9-14-19-10-13(21(14)20-15(11)17)16(22)18-8-7-12-5-3-2-4-6-12/h2-6,9-10H,7-8H2,1H3,(H,18,22). The first-order valence-corrected chi connectivity index (χ1v) is 7.36. The van der Waals surface area contributed by atoms with Gasteiger partial charge in [-0.3, -0.25) is 4.79 Å². The lowest BCUT2D eigenvalue weighted by Crippen LogP contribution is -2.27. The monoisotopic (exact) mass is 314 g/mol. The van der Waals surface area contributed by atoms with E-state index < -0.39 is 0 Å². The molecule has 0 spiro atoms. The van der Waals surface area contributed by atoms with E-state index in [1.807, 2.05) is 37.3 Å². The Morgan fingerprint density at radius 2 is 2.09 bits per heavy atom. The number of carbonyl (C=O) groups excluding carboxylic acids is 1. The van der Waals surface area contributed by atoms with Gasteiger partial charge in [-0.05, 0) is 30.5 Å². The number of fused-ring (bicyclic) bond motifs is 1. The molecule has 22 heavy (non-hydrogen) atoms. The minimum Gasteiger partial charge on any atom is -0.350 e. The van der Waals surface area contributed by atoms with Gasteiger partial charge in [-0.25, -0.2) is 9.50 Å². The molecule has 0 aliphatic rings. The Bertz CT molecular complexity index is 814. The number of nitrogens with one attached hydrogen (secondary N) is 1. The first-order chi connectivity index (χ1) is 10.6. The van der Waals surface area contributed by atoms with Crippen LogP contribution in [0.4, 0.5) is 0 Å². The number of carbonyl (C=O) groups is 1. The average molecular weight is 315 g/mol. The van der Waals surface area contributed by atoms with Crippen molar-refractivity contribution in [2.45, 2.75) is 13.3 Å². The predicted molar refractivity (Wildman–Crippen MR) is 85.2 cm³/mol. The molecule has 0 fully saturated rings. The number of rotatable bonds is 4. The summed E-state index contributed by atoms with van der Waals surface area (Å²) in [6.45, 7) is 2.40. The summed E-state index contributed by atoms with van der Waals surface area (Å²) in [5, 5.41) is 7.42. The summed E-state index contributed by atoms with van der Waals surface area (Å²) in [6.07, 6.45) is 2.28. The molecule has 112 valence electrons. The summed E-state index contributed by atoms with van der Waals surface area (Å²) in [5.41, 5.74) is 2.99. The Labute approximate surface area is 132 Å². The van der Waals surface area contributed by atoms with Crippen molar-refractivity contribution >= 4 is 23.2 Å².